The Morgan fingerprint density at radius 1 is 0.744 bits per heavy atom. The van der Waals surface area contributed by atoms with E-state index in [1.54, 1.807) is 23.1 Å². The first-order valence-electron chi connectivity index (χ1n) is 14.7. The van der Waals surface area contributed by atoms with E-state index in [4.69, 9.17) is 0 Å². The molecule has 0 spiro atoms. The Hall–Kier alpha value is -4.71. The van der Waals surface area contributed by atoms with Gasteiger partial charge in [0.1, 0.15) is 0 Å². The van der Waals surface area contributed by atoms with Crippen molar-refractivity contribution in [3.05, 3.63) is 130 Å². The summed E-state index contributed by atoms with van der Waals surface area (Å²) in [5.41, 5.74) is 6.67. The van der Waals surface area contributed by atoms with Crippen molar-refractivity contribution in [3.8, 4) is 11.1 Å². The third-order valence-corrected chi connectivity index (χ3v) is 7.69. The standard InChI is InChI=1S/C37H40N2O4/c1-26-11-5-6-12-28(26)21-23-39(24-22-34(40)41)36(43)33-16-10-8-14-31(33)30-13-7-9-15-32(30)35(42)38-25-27-17-19-29(20-18-27)37(2,3)4/h5-20H,21-25H2,1-4H3,(H,38,42)(H,40,41). The van der Waals surface area contributed by atoms with Crippen molar-refractivity contribution in [2.45, 2.75) is 52.5 Å². The fourth-order valence-electron chi connectivity index (χ4n) is 5.08. The molecule has 43 heavy (non-hydrogen) atoms. The number of nitrogens with zero attached hydrogens (tertiary/aromatic N) is 1. The summed E-state index contributed by atoms with van der Waals surface area (Å²) < 4.78 is 0. The average Bonchev–Trinajstić information content (AvgIpc) is 3.00. The van der Waals surface area contributed by atoms with Crippen LogP contribution in [0.4, 0.5) is 0 Å². The molecule has 0 aromatic heterocycles. The van der Waals surface area contributed by atoms with Crippen molar-refractivity contribution < 1.29 is 19.5 Å². The Bertz CT molecular complexity index is 1580. The van der Waals surface area contributed by atoms with E-state index in [1.807, 2.05) is 73.7 Å². The summed E-state index contributed by atoms with van der Waals surface area (Å²) in [6, 6.07) is 30.7. The second-order valence-electron chi connectivity index (χ2n) is 11.8. The van der Waals surface area contributed by atoms with Crippen LogP contribution in [0.2, 0.25) is 0 Å². The molecule has 0 saturated heterocycles. The normalized spacial score (nSPS) is 11.2. The number of hydrogen-bond donors (Lipinski definition) is 2. The molecule has 0 fully saturated rings. The number of carboxylic acids is 1. The fourth-order valence-corrected chi connectivity index (χ4v) is 5.08. The van der Waals surface area contributed by atoms with Gasteiger partial charge in [0.25, 0.3) is 11.8 Å². The third kappa shape index (κ3) is 8.19. The zero-order valence-electron chi connectivity index (χ0n) is 25.4. The molecular formula is C37H40N2O4. The molecule has 4 aromatic rings. The largest absolute Gasteiger partial charge is 0.481 e. The molecule has 0 bridgehead atoms. The van der Waals surface area contributed by atoms with Gasteiger partial charge in [-0.1, -0.05) is 106 Å². The topological polar surface area (TPSA) is 86.7 Å². The molecule has 2 amide bonds. The minimum atomic E-state index is -0.961. The molecule has 0 aliphatic rings. The highest BCUT2D eigenvalue weighted by Crippen LogP contribution is 2.29. The maximum Gasteiger partial charge on any atom is 0.305 e. The number of aryl methyl sites for hydroxylation is 1. The molecule has 4 rings (SSSR count). The minimum absolute atomic E-state index is 0.0508. The number of carboxylic acid groups (broad SMARTS) is 1. The Morgan fingerprint density at radius 3 is 1.95 bits per heavy atom. The van der Waals surface area contributed by atoms with Crippen LogP contribution in [0.15, 0.2) is 97.1 Å². The smallest absolute Gasteiger partial charge is 0.305 e. The van der Waals surface area contributed by atoms with Crippen molar-refractivity contribution >= 4 is 17.8 Å². The Labute approximate surface area is 254 Å². The molecule has 6 heteroatoms. The molecule has 0 unspecified atom stereocenters. The van der Waals surface area contributed by atoms with E-state index in [0.717, 1.165) is 16.7 Å². The number of benzene rings is 4. The van der Waals surface area contributed by atoms with Crippen molar-refractivity contribution in [1.29, 1.82) is 0 Å². The molecule has 0 heterocycles. The summed E-state index contributed by atoms with van der Waals surface area (Å²) in [6.45, 7) is 9.36. The molecule has 0 aliphatic carbocycles. The third-order valence-electron chi connectivity index (χ3n) is 7.69. The van der Waals surface area contributed by atoms with Crippen LogP contribution in [0, 0.1) is 6.92 Å². The molecular weight excluding hydrogens is 536 g/mol. The fraction of sp³-hybridized carbons (Fsp3) is 0.270. The first-order chi connectivity index (χ1) is 20.5. The number of amides is 2. The lowest BCUT2D eigenvalue weighted by atomic mass is 9.87. The second-order valence-corrected chi connectivity index (χ2v) is 11.8. The van der Waals surface area contributed by atoms with Gasteiger partial charge in [0.05, 0.1) is 6.42 Å². The molecule has 4 aromatic carbocycles. The molecule has 2 N–H and O–H groups in total. The van der Waals surface area contributed by atoms with Gasteiger partial charge in [-0.15, -0.1) is 0 Å². The van der Waals surface area contributed by atoms with Crippen LogP contribution >= 0.6 is 0 Å². The van der Waals surface area contributed by atoms with Gasteiger partial charge in [-0.05, 0) is 64.3 Å². The van der Waals surface area contributed by atoms with Crippen molar-refractivity contribution in [2.24, 2.45) is 0 Å². The lowest BCUT2D eigenvalue weighted by Gasteiger charge is -2.24. The van der Waals surface area contributed by atoms with Crippen LogP contribution < -0.4 is 5.32 Å². The minimum Gasteiger partial charge on any atom is -0.481 e. The number of aliphatic carboxylic acids is 1. The van der Waals surface area contributed by atoms with Gasteiger partial charge in [-0.3, -0.25) is 14.4 Å². The predicted octanol–water partition coefficient (Wildman–Crippen LogP) is 7.05. The summed E-state index contributed by atoms with van der Waals surface area (Å²) in [4.78, 5) is 40.5. The number of hydrogen-bond acceptors (Lipinski definition) is 3. The molecule has 222 valence electrons. The van der Waals surface area contributed by atoms with Gasteiger partial charge in [-0.2, -0.15) is 0 Å². The van der Waals surface area contributed by atoms with Crippen LogP contribution in [-0.2, 0) is 23.2 Å². The van der Waals surface area contributed by atoms with Gasteiger partial charge < -0.3 is 15.3 Å². The van der Waals surface area contributed by atoms with E-state index < -0.39 is 5.97 Å². The summed E-state index contributed by atoms with van der Waals surface area (Å²) >= 11 is 0. The van der Waals surface area contributed by atoms with Crippen molar-refractivity contribution in [2.75, 3.05) is 13.1 Å². The first-order valence-corrected chi connectivity index (χ1v) is 14.7. The zero-order valence-corrected chi connectivity index (χ0v) is 25.4. The number of carbonyl (C=O) groups excluding carboxylic acids is 2. The Morgan fingerprint density at radius 2 is 1.33 bits per heavy atom. The Kier molecular flexibility index (Phi) is 10.1. The second kappa shape index (κ2) is 14.0. The Balaban J connectivity index is 1.58. The first kappa shape index (κ1) is 31.2. The summed E-state index contributed by atoms with van der Waals surface area (Å²) in [7, 11) is 0. The predicted molar refractivity (Wildman–Crippen MR) is 171 cm³/mol. The number of carbonyl (C=O) groups is 3. The number of rotatable bonds is 11. The maximum atomic E-state index is 14.0. The van der Waals surface area contributed by atoms with E-state index in [2.05, 4.69) is 38.2 Å². The van der Waals surface area contributed by atoms with Crippen LogP contribution in [0.25, 0.3) is 11.1 Å². The van der Waals surface area contributed by atoms with Gasteiger partial charge >= 0.3 is 5.97 Å². The van der Waals surface area contributed by atoms with E-state index in [9.17, 15) is 19.5 Å². The van der Waals surface area contributed by atoms with Crippen LogP contribution in [-0.4, -0.2) is 40.9 Å². The number of nitrogens with one attached hydrogen (secondary N) is 1. The van der Waals surface area contributed by atoms with E-state index in [0.29, 0.717) is 41.8 Å². The summed E-state index contributed by atoms with van der Waals surface area (Å²) in [6.07, 6.45) is 0.452. The zero-order chi connectivity index (χ0) is 31.0. The molecule has 0 saturated carbocycles. The van der Waals surface area contributed by atoms with Crippen LogP contribution in [0.5, 0.6) is 0 Å². The van der Waals surface area contributed by atoms with Gasteiger partial charge in [-0.25, -0.2) is 0 Å². The molecule has 6 nitrogen and oxygen atoms in total. The van der Waals surface area contributed by atoms with E-state index in [-0.39, 0.29) is 30.2 Å². The monoisotopic (exact) mass is 576 g/mol. The maximum absolute atomic E-state index is 14.0. The van der Waals surface area contributed by atoms with E-state index in [1.165, 1.54) is 5.56 Å². The summed E-state index contributed by atoms with van der Waals surface area (Å²) in [5.74, 6) is -1.46. The van der Waals surface area contributed by atoms with Crippen LogP contribution in [0.1, 0.15) is 70.2 Å². The van der Waals surface area contributed by atoms with Crippen molar-refractivity contribution in [1.82, 2.24) is 10.2 Å². The van der Waals surface area contributed by atoms with Gasteiger partial charge in [0.2, 0.25) is 0 Å². The van der Waals surface area contributed by atoms with E-state index >= 15 is 0 Å². The van der Waals surface area contributed by atoms with Gasteiger partial charge in [0, 0.05) is 30.8 Å². The lowest BCUT2D eigenvalue weighted by Crippen LogP contribution is -2.35. The lowest BCUT2D eigenvalue weighted by molar-refractivity contribution is -0.137. The quantitative estimate of drug-likeness (QED) is 0.200. The molecule has 0 aliphatic heterocycles. The highest BCUT2D eigenvalue weighted by atomic mass is 16.4. The van der Waals surface area contributed by atoms with Gasteiger partial charge in [0.15, 0.2) is 0 Å². The summed E-state index contributed by atoms with van der Waals surface area (Å²) in [5, 5.41) is 12.4. The highest BCUT2D eigenvalue weighted by molar-refractivity contribution is 6.06. The van der Waals surface area contributed by atoms with Crippen LogP contribution in [0.3, 0.4) is 0 Å². The molecule has 0 radical (unpaired) electrons. The molecule has 0 atom stereocenters. The average molecular weight is 577 g/mol. The van der Waals surface area contributed by atoms with Crippen molar-refractivity contribution in [3.63, 3.8) is 0 Å². The highest BCUT2D eigenvalue weighted by Gasteiger charge is 2.23. The SMILES string of the molecule is Cc1ccccc1CCN(CCC(=O)O)C(=O)c1ccccc1-c1ccccc1C(=O)NCc1ccc(C(C)(C)C)cc1.